The molecule has 2 fully saturated rings. The van der Waals surface area contributed by atoms with E-state index in [0.717, 1.165) is 24.1 Å². The highest BCUT2D eigenvalue weighted by atomic mass is 19.1. The summed E-state index contributed by atoms with van der Waals surface area (Å²) in [5, 5.41) is 28.3. The van der Waals surface area contributed by atoms with Crippen LogP contribution in [0.3, 0.4) is 0 Å². The number of fused-ring (bicyclic) bond motifs is 1. The molecule has 2 aliphatic rings. The van der Waals surface area contributed by atoms with Crippen LogP contribution in [0.1, 0.15) is 30.9 Å². The number of hydrogen-bond acceptors (Lipinski definition) is 8. The highest BCUT2D eigenvalue weighted by molar-refractivity contribution is 5.97. The lowest BCUT2D eigenvalue weighted by Gasteiger charge is -2.24. The first-order valence-electron chi connectivity index (χ1n) is 11.1. The number of carbonyl (C=O) groups is 1. The van der Waals surface area contributed by atoms with Crippen molar-refractivity contribution in [3.63, 3.8) is 0 Å². The Bertz CT molecular complexity index is 1350. The molecule has 0 bridgehead atoms. The van der Waals surface area contributed by atoms with Gasteiger partial charge < -0.3 is 20.6 Å². The van der Waals surface area contributed by atoms with E-state index in [1.165, 1.54) is 18.3 Å². The smallest absolute Gasteiger partial charge is 0.247 e. The van der Waals surface area contributed by atoms with E-state index in [2.05, 4.69) is 35.9 Å². The minimum absolute atomic E-state index is 0.195. The number of nitrogens with one attached hydrogen (secondary N) is 3. The molecule has 4 aromatic rings. The van der Waals surface area contributed by atoms with Crippen LogP contribution < -0.4 is 15.5 Å². The number of H-pyrrole nitrogens is 1. The van der Waals surface area contributed by atoms with Crippen molar-refractivity contribution in [2.75, 3.05) is 22.1 Å². The number of β-amino-alcohol motifs (C(OH)–C–C–N with tert-alkyl or cyclic N) is 1. The standard InChI is InChI=1S/C22H22FN9O2/c23-18-6-5-13(10-24-18)25-21(34)17-8-14(33)11-31(17)22-27-20(16-2-1-7-32(16)30-22)26-19-9-15(28-29-19)12-3-4-12/h1-2,5-7,9-10,12,14,17,33H,3-4,8,11H2,(H,25,34)(H2,26,27,28,29,30)/t14-,17?/m0/s1. The number of anilines is 4. The number of rotatable bonds is 6. The van der Waals surface area contributed by atoms with Gasteiger partial charge in [0.15, 0.2) is 11.6 Å². The minimum atomic E-state index is -0.727. The van der Waals surface area contributed by atoms with Crippen molar-refractivity contribution in [2.45, 2.75) is 37.3 Å². The lowest BCUT2D eigenvalue weighted by molar-refractivity contribution is -0.117. The fourth-order valence-corrected chi connectivity index (χ4v) is 4.22. The third kappa shape index (κ3) is 3.92. The van der Waals surface area contributed by atoms with Gasteiger partial charge in [0.05, 0.1) is 18.0 Å². The third-order valence-electron chi connectivity index (χ3n) is 6.07. The fraction of sp³-hybridized carbons (Fsp3) is 0.318. The fourth-order valence-electron chi connectivity index (χ4n) is 4.22. The predicted octanol–water partition coefficient (Wildman–Crippen LogP) is 2.19. The van der Waals surface area contributed by atoms with Gasteiger partial charge in [-0.3, -0.25) is 9.89 Å². The number of aromatic nitrogens is 6. The quantitative estimate of drug-likeness (QED) is 0.320. The van der Waals surface area contributed by atoms with Gasteiger partial charge >= 0.3 is 0 Å². The molecule has 11 nitrogen and oxygen atoms in total. The Hall–Kier alpha value is -4.06. The molecule has 2 atom stereocenters. The molecule has 6 rings (SSSR count). The number of amides is 1. The van der Waals surface area contributed by atoms with Crippen molar-refractivity contribution in [1.29, 1.82) is 0 Å². The SMILES string of the molecule is O=C(Nc1ccc(F)nc1)C1C[C@H](O)CN1c1nc(Nc2cc(C3CC3)[nH]n2)c2cccn2n1. The number of hydrogen-bond donors (Lipinski definition) is 4. The molecule has 0 aromatic carbocycles. The zero-order valence-corrected chi connectivity index (χ0v) is 18.0. The first kappa shape index (κ1) is 20.5. The second-order valence-corrected chi connectivity index (χ2v) is 8.62. The van der Waals surface area contributed by atoms with Gasteiger partial charge in [0.1, 0.15) is 11.6 Å². The summed E-state index contributed by atoms with van der Waals surface area (Å²) in [5.41, 5.74) is 2.21. The maximum Gasteiger partial charge on any atom is 0.247 e. The number of aromatic amines is 1. The van der Waals surface area contributed by atoms with Crippen LogP contribution in [0.2, 0.25) is 0 Å². The van der Waals surface area contributed by atoms with Gasteiger partial charge in [-0.1, -0.05) is 0 Å². The number of carbonyl (C=O) groups excluding carboxylic acids is 1. The molecule has 1 amide bonds. The van der Waals surface area contributed by atoms with Gasteiger partial charge in [-0.05, 0) is 37.1 Å². The molecule has 5 heterocycles. The minimum Gasteiger partial charge on any atom is -0.391 e. The first-order chi connectivity index (χ1) is 16.5. The van der Waals surface area contributed by atoms with Crippen molar-refractivity contribution >= 4 is 34.7 Å². The summed E-state index contributed by atoms with van der Waals surface area (Å²) in [6.07, 6.45) is 4.84. The normalized spacial score (nSPS) is 20.1. The molecule has 0 spiro atoms. The van der Waals surface area contributed by atoms with E-state index in [-0.39, 0.29) is 24.8 Å². The molecule has 4 N–H and O–H groups in total. The van der Waals surface area contributed by atoms with E-state index in [1.54, 1.807) is 15.6 Å². The van der Waals surface area contributed by atoms with E-state index < -0.39 is 18.1 Å². The predicted molar refractivity (Wildman–Crippen MR) is 121 cm³/mol. The highest BCUT2D eigenvalue weighted by Crippen LogP contribution is 2.39. The summed E-state index contributed by atoms with van der Waals surface area (Å²) < 4.78 is 14.8. The number of aliphatic hydroxyl groups is 1. The summed E-state index contributed by atoms with van der Waals surface area (Å²) >= 11 is 0. The molecule has 1 saturated carbocycles. The summed E-state index contributed by atoms with van der Waals surface area (Å²) in [5.74, 6) is 1.01. The molecule has 0 radical (unpaired) electrons. The Balaban J connectivity index is 1.29. The average molecular weight is 463 g/mol. The van der Waals surface area contributed by atoms with Crippen LogP contribution in [0.5, 0.6) is 0 Å². The molecular formula is C22H22FN9O2. The van der Waals surface area contributed by atoms with Gasteiger partial charge in [-0.2, -0.15) is 14.5 Å². The molecule has 34 heavy (non-hydrogen) atoms. The number of halogens is 1. The molecule has 1 saturated heterocycles. The molecule has 1 unspecified atom stereocenters. The maximum absolute atomic E-state index is 13.1. The maximum atomic E-state index is 13.1. The molecular weight excluding hydrogens is 441 g/mol. The third-order valence-corrected chi connectivity index (χ3v) is 6.07. The van der Waals surface area contributed by atoms with Crippen LogP contribution in [-0.2, 0) is 4.79 Å². The Morgan fingerprint density at radius 2 is 2.15 bits per heavy atom. The van der Waals surface area contributed by atoms with Crippen LogP contribution in [0.25, 0.3) is 5.52 Å². The summed E-state index contributed by atoms with van der Waals surface area (Å²) in [6.45, 7) is 0.195. The topological polar surface area (TPSA) is 136 Å². The van der Waals surface area contributed by atoms with Crippen molar-refractivity contribution < 1.29 is 14.3 Å². The number of pyridine rings is 1. The lowest BCUT2D eigenvalue weighted by Crippen LogP contribution is -2.41. The molecule has 1 aliphatic carbocycles. The Labute approximate surface area is 193 Å². The zero-order chi connectivity index (χ0) is 23.2. The van der Waals surface area contributed by atoms with E-state index in [4.69, 9.17) is 0 Å². The lowest BCUT2D eigenvalue weighted by atomic mass is 10.2. The first-order valence-corrected chi connectivity index (χ1v) is 11.1. The second-order valence-electron chi connectivity index (χ2n) is 8.62. The van der Waals surface area contributed by atoms with Crippen LogP contribution in [0.4, 0.5) is 27.7 Å². The van der Waals surface area contributed by atoms with Crippen molar-refractivity contribution in [1.82, 2.24) is 29.8 Å². The van der Waals surface area contributed by atoms with Gasteiger partial charge in [0.2, 0.25) is 17.8 Å². The Kier molecular flexibility index (Phi) is 4.87. The van der Waals surface area contributed by atoms with Crippen LogP contribution in [-0.4, -0.2) is 59.5 Å². The molecule has 174 valence electrons. The number of aliphatic hydroxyl groups excluding tert-OH is 1. The van der Waals surface area contributed by atoms with Crippen LogP contribution in [0, 0.1) is 5.95 Å². The number of nitrogens with zero attached hydrogens (tertiary/aromatic N) is 6. The highest BCUT2D eigenvalue weighted by Gasteiger charge is 2.38. The van der Waals surface area contributed by atoms with Crippen LogP contribution in [0.15, 0.2) is 42.7 Å². The van der Waals surface area contributed by atoms with E-state index >= 15 is 0 Å². The summed E-state index contributed by atoms with van der Waals surface area (Å²) in [4.78, 5) is 22.9. The van der Waals surface area contributed by atoms with E-state index in [0.29, 0.717) is 23.2 Å². The zero-order valence-electron chi connectivity index (χ0n) is 18.0. The van der Waals surface area contributed by atoms with Gasteiger partial charge in [-0.15, -0.1) is 5.10 Å². The Morgan fingerprint density at radius 3 is 2.94 bits per heavy atom. The average Bonchev–Trinajstić information content (AvgIpc) is 3.20. The van der Waals surface area contributed by atoms with E-state index in [1.807, 2.05) is 18.2 Å². The molecule has 12 heteroatoms. The summed E-state index contributed by atoms with van der Waals surface area (Å²) in [6, 6.07) is 7.59. The van der Waals surface area contributed by atoms with Gasteiger partial charge in [-0.25, -0.2) is 9.50 Å². The molecule has 1 aliphatic heterocycles. The van der Waals surface area contributed by atoms with Gasteiger partial charge in [0.25, 0.3) is 0 Å². The van der Waals surface area contributed by atoms with Gasteiger partial charge in [0, 0.05) is 36.8 Å². The second kappa shape index (κ2) is 8.06. The summed E-state index contributed by atoms with van der Waals surface area (Å²) in [7, 11) is 0. The van der Waals surface area contributed by atoms with Crippen molar-refractivity contribution in [2.24, 2.45) is 0 Å². The Morgan fingerprint density at radius 1 is 1.26 bits per heavy atom. The largest absolute Gasteiger partial charge is 0.391 e. The molecule has 4 aromatic heterocycles. The van der Waals surface area contributed by atoms with Crippen molar-refractivity contribution in [3.05, 3.63) is 54.4 Å². The van der Waals surface area contributed by atoms with E-state index in [9.17, 15) is 14.3 Å². The van der Waals surface area contributed by atoms with Crippen LogP contribution >= 0.6 is 0 Å². The monoisotopic (exact) mass is 463 g/mol. The van der Waals surface area contributed by atoms with Crippen molar-refractivity contribution in [3.8, 4) is 0 Å².